The van der Waals surface area contributed by atoms with Gasteiger partial charge in [0.05, 0.1) is 0 Å². The van der Waals surface area contributed by atoms with E-state index in [9.17, 15) is 0 Å². The van der Waals surface area contributed by atoms with E-state index >= 15 is 0 Å². The first kappa shape index (κ1) is 10.0. The summed E-state index contributed by atoms with van der Waals surface area (Å²) in [4.78, 5) is 0. The fourth-order valence-electron chi connectivity index (χ4n) is 1.52. The zero-order valence-corrected chi connectivity index (χ0v) is 8.61. The lowest BCUT2D eigenvalue weighted by molar-refractivity contribution is 0.310. The third-order valence-corrected chi connectivity index (χ3v) is 2.37. The van der Waals surface area contributed by atoms with Gasteiger partial charge < -0.3 is 10.6 Å². The van der Waals surface area contributed by atoms with Gasteiger partial charge in [-0.15, -0.1) is 0 Å². The molecule has 1 saturated heterocycles. The third-order valence-electron chi connectivity index (χ3n) is 2.37. The van der Waals surface area contributed by atoms with E-state index in [4.69, 9.17) is 0 Å². The normalized spacial score (nSPS) is 25.8. The molecule has 1 rings (SSSR count). The molecule has 0 aromatic heterocycles. The van der Waals surface area contributed by atoms with Crippen molar-refractivity contribution in [2.75, 3.05) is 19.6 Å². The van der Waals surface area contributed by atoms with Gasteiger partial charge in [-0.1, -0.05) is 20.8 Å². The molecule has 1 atom stereocenters. The van der Waals surface area contributed by atoms with Gasteiger partial charge in [0.25, 0.3) is 0 Å². The predicted octanol–water partition coefficient (Wildman–Crippen LogP) is 1.37. The van der Waals surface area contributed by atoms with Crippen molar-refractivity contribution in [3.63, 3.8) is 0 Å². The number of piperazine rings is 1. The van der Waals surface area contributed by atoms with Crippen molar-refractivity contribution >= 4 is 0 Å². The van der Waals surface area contributed by atoms with Crippen LogP contribution in [0.2, 0.25) is 0 Å². The molecule has 1 fully saturated rings. The number of nitrogens with one attached hydrogen (secondary N) is 2. The summed E-state index contributed by atoms with van der Waals surface area (Å²) in [6.07, 6.45) is 2.61. The third kappa shape index (κ3) is 4.07. The molecule has 0 spiro atoms. The Kier molecular flexibility index (Phi) is 3.53. The van der Waals surface area contributed by atoms with Crippen molar-refractivity contribution in [2.24, 2.45) is 5.41 Å². The fourth-order valence-corrected chi connectivity index (χ4v) is 1.52. The maximum Gasteiger partial charge on any atom is 0.0193 e. The van der Waals surface area contributed by atoms with Crippen LogP contribution in [-0.4, -0.2) is 25.7 Å². The summed E-state index contributed by atoms with van der Waals surface area (Å²) in [5.74, 6) is 0. The van der Waals surface area contributed by atoms with E-state index in [0.717, 1.165) is 19.6 Å². The second-order valence-electron chi connectivity index (χ2n) is 4.95. The molecule has 0 aromatic rings. The van der Waals surface area contributed by atoms with Crippen molar-refractivity contribution in [3.8, 4) is 0 Å². The summed E-state index contributed by atoms with van der Waals surface area (Å²) in [7, 11) is 0. The molecule has 0 amide bonds. The predicted molar refractivity (Wildman–Crippen MR) is 53.3 cm³/mol. The molecule has 0 aromatic carbocycles. The van der Waals surface area contributed by atoms with Crippen LogP contribution in [0.1, 0.15) is 33.6 Å². The van der Waals surface area contributed by atoms with E-state index in [1.807, 2.05) is 0 Å². The van der Waals surface area contributed by atoms with E-state index < -0.39 is 0 Å². The zero-order chi connectivity index (χ0) is 9.03. The van der Waals surface area contributed by atoms with E-state index in [-0.39, 0.29) is 0 Å². The van der Waals surface area contributed by atoms with Crippen molar-refractivity contribution in [2.45, 2.75) is 39.7 Å². The van der Waals surface area contributed by atoms with Gasteiger partial charge in [0.1, 0.15) is 0 Å². The van der Waals surface area contributed by atoms with Crippen molar-refractivity contribution in [1.82, 2.24) is 10.6 Å². The Morgan fingerprint density at radius 2 is 2.00 bits per heavy atom. The summed E-state index contributed by atoms with van der Waals surface area (Å²) in [6.45, 7) is 10.3. The highest BCUT2D eigenvalue weighted by Gasteiger charge is 2.16. The van der Waals surface area contributed by atoms with Crippen LogP contribution in [0.15, 0.2) is 0 Å². The minimum Gasteiger partial charge on any atom is -0.314 e. The molecule has 2 N–H and O–H groups in total. The fraction of sp³-hybridized carbons (Fsp3) is 1.00. The van der Waals surface area contributed by atoms with Crippen LogP contribution in [0, 0.1) is 5.41 Å². The Balaban J connectivity index is 2.13. The van der Waals surface area contributed by atoms with E-state index in [2.05, 4.69) is 31.4 Å². The minimum absolute atomic E-state index is 0.485. The first-order valence-electron chi connectivity index (χ1n) is 5.02. The van der Waals surface area contributed by atoms with Gasteiger partial charge in [-0.3, -0.25) is 0 Å². The molecule has 1 unspecified atom stereocenters. The van der Waals surface area contributed by atoms with Gasteiger partial charge in [-0.2, -0.15) is 0 Å². The van der Waals surface area contributed by atoms with Gasteiger partial charge in [0, 0.05) is 25.7 Å². The number of hydrogen-bond acceptors (Lipinski definition) is 2. The smallest absolute Gasteiger partial charge is 0.0193 e. The lowest BCUT2D eigenvalue weighted by Gasteiger charge is -2.27. The van der Waals surface area contributed by atoms with Crippen LogP contribution in [0.25, 0.3) is 0 Å². The largest absolute Gasteiger partial charge is 0.314 e. The Hall–Kier alpha value is -0.0800. The van der Waals surface area contributed by atoms with Crippen LogP contribution in [0.4, 0.5) is 0 Å². The van der Waals surface area contributed by atoms with Crippen LogP contribution < -0.4 is 10.6 Å². The van der Waals surface area contributed by atoms with Crippen LogP contribution in [-0.2, 0) is 0 Å². The maximum atomic E-state index is 3.53. The van der Waals surface area contributed by atoms with E-state index in [1.54, 1.807) is 0 Å². The van der Waals surface area contributed by atoms with Gasteiger partial charge in [0.15, 0.2) is 0 Å². The Bertz CT molecular complexity index is 120. The minimum atomic E-state index is 0.485. The molecule has 1 heterocycles. The molecule has 0 bridgehead atoms. The highest BCUT2D eigenvalue weighted by atomic mass is 15.0. The molecule has 2 heteroatoms. The lowest BCUT2D eigenvalue weighted by atomic mass is 9.88. The molecular formula is C10H22N2. The highest BCUT2D eigenvalue weighted by Crippen LogP contribution is 2.21. The molecule has 72 valence electrons. The number of rotatable bonds is 2. The van der Waals surface area contributed by atoms with Crippen LogP contribution in [0.3, 0.4) is 0 Å². The molecule has 1 aliphatic heterocycles. The Labute approximate surface area is 76.1 Å². The molecule has 0 radical (unpaired) electrons. The van der Waals surface area contributed by atoms with Crippen molar-refractivity contribution < 1.29 is 0 Å². The van der Waals surface area contributed by atoms with Crippen molar-refractivity contribution in [3.05, 3.63) is 0 Å². The molecule has 0 aliphatic carbocycles. The average Bonchev–Trinajstić information content (AvgIpc) is 2.02. The van der Waals surface area contributed by atoms with Crippen LogP contribution >= 0.6 is 0 Å². The molecule has 0 saturated carbocycles. The molecule has 2 nitrogen and oxygen atoms in total. The summed E-state index contributed by atoms with van der Waals surface area (Å²) in [5, 5.41) is 6.94. The first-order valence-corrected chi connectivity index (χ1v) is 5.02. The Morgan fingerprint density at radius 3 is 2.50 bits per heavy atom. The standard InChI is InChI=1S/C10H22N2/c1-10(2,3)5-4-9-8-11-6-7-12-9/h9,11-12H,4-8H2,1-3H3. The van der Waals surface area contributed by atoms with Gasteiger partial charge in [0.2, 0.25) is 0 Å². The monoisotopic (exact) mass is 170 g/mol. The topological polar surface area (TPSA) is 24.1 Å². The van der Waals surface area contributed by atoms with Gasteiger partial charge in [-0.05, 0) is 18.3 Å². The molecular weight excluding hydrogens is 148 g/mol. The lowest BCUT2D eigenvalue weighted by Crippen LogP contribution is -2.48. The quantitative estimate of drug-likeness (QED) is 0.654. The summed E-state index contributed by atoms with van der Waals surface area (Å²) in [5.41, 5.74) is 0.485. The second kappa shape index (κ2) is 4.24. The SMILES string of the molecule is CC(C)(C)CCC1CNCCN1. The van der Waals surface area contributed by atoms with Crippen LogP contribution in [0.5, 0.6) is 0 Å². The Morgan fingerprint density at radius 1 is 1.25 bits per heavy atom. The molecule has 12 heavy (non-hydrogen) atoms. The first-order chi connectivity index (χ1) is 5.58. The maximum absolute atomic E-state index is 3.53. The van der Waals surface area contributed by atoms with Gasteiger partial charge in [-0.25, -0.2) is 0 Å². The number of hydrogen-bond donors (Lipinski definition) is 2. The summed E-state index contributed by atoms with van der Waals surface area (Å²) in [6, 6.07) is 0.706. The van der Waals surface area contributed by atoms with Gasteiger partial charge >= 0.3 is 0 Å². The van der Waals surface area contributed by atoms with E-state index in [1.165, 1.54) is 12.8 Å². The zero-order valence-electron chi connectivity index (χ0n) is 8.61. The van der Waals surface area contributed by atoms with E-state index in [0.29, 0.717) is 11.5 Å². The summed E-state index contributed by atoms with van der Waals surface area (Å²) < 4.78 is 0. The van der Waals surface area contributed by atoms with Crippen molar-refractivity contribution in [1.29, 1.82) is 0 Å². The highest BCUT2D eigenvalue weighted by molar-refractivity contribution is 4.77. The second-order valence-corrected chi connectivity index (χ2v) is 4.95. The summed E-state index contributed by atoms with van der Waals surface area (Å²) >= 11 is 0. The molecule has 1 aliphatic rings. The average molecular weight is 170 g/mol.